The van der Waals surface area contributed by atoms with Crippen LogP contribution in [0, 0.1) is 6.57 Å². The minimum atomic E-state index is -0.613. The zero-order valence-electron chi connectivity index (χ0n) is 35.3. The number of hydrogen-bond donors (Lipinski definition) is 2. The normalized spacial score (nSPS) is 20.4. The molecule has 3 aromatic carbocycles. The van der Waals surface area contributed by atoms with E-state index in [4.69, 9.17) is 6.57 Å². The van der Waals surface area contributed by atoms with Crippen LogP contribution in [0.25, 0.3) is 15.7 Å². The Bertz CT molecular complexity index is 2500. The molecule has 5 heterocycles. The molecule has 4 aromatic rings. The number of carbonyl (C=O) groups excluding carboxylic acids is 5. The molecule has 4 aliphatic heterocycles. The molecule has 5 aliphatic rings. The lowest BCUT2D eigenvalue weighted by Gasteiger charge is -2.44. The molecule has 4 amide bonds. The van der Waals surface area contributed by atoms with Gasteiger partial charge in [0.15, 0.2) is 11.5 Å². The number of H-pyrrole nitrogens is 1. The maximum absolute atomic E-state index is 14.1. The minimum Gasteiger partial charge on any atom is -0.371 e. The van der Waals surface area contributed by atoms with Gasteiger partial charge in [0.05, 0.1) is 12.1 Å². The number of ketones is 1. The minimum absolute atomic E-state index is 0.0535. The molecule has 12 nitrogen and oxygen atoms in total. The summed E-state index contributed by atoms with van der Waals surface area (Å²) in [7, 11) is 0. The number of rotatable bonds is 10. The van der Waals surface area contributed by atoms with Crippen molar-refractivity contribution in [2.24, 2.45) is 0 Å². The van der Waals surface area contributed by atoms with Crippen LogP contribution in [0.4, 0.5) is 11.4 Å². The van der Waals surface area contributed by atoms with E-state index in [0.717, 1.165) is 121 Å². The van der Waals surface area contributed by atoms with Crippen molar-refractivity contribution in [3.63, 3.8) is 0 Å². The molecular formula is C48H53N7O5S. The Hall–Kier alpha value is -5.45. The van der Waals surface area contributed by atoms with Gasteiger partial charge in [0.25, 0.3) is 5.91 Å². The number of piperazine rings is 1. The summed E-state index contributed by atoms with van der Waals surface area (Å²) in [4.78, 5) is 81.3. The maximum atomic E-state index is 14.1. The van der Waals surface area contributed by atoms with Crippen LogP contribution >= 0.6 is 11.8 Å². The van der Waals surface area contributed by atoms with E-state index in [0.29, 0.717) is 36.7 Å². The van der Waals surface area contributed by atoms with E-state index >= 15 is 0 Å². The first-order chi connectivity index (χ1) is 29.4. The Kier molecular flexibility index (Phi) is 11.0. The van der Waals surface area contributed by atoms with E-state index in [1.165, 1.54) is 11.3 Å². The summed E-state index contributed by atoms with van der Waals surface area (Å²) >= 11 is 1.72. The first kappa shape index (κ1) is 40.9. The fraction of sp³-hybridized carbons (Fsp3) is 0.458. The zero-order chi connectivity index (χ0) is 42.6. The van der Waals surface area contributed by atoms with Crippen LogP contribution < -0.4 is 10.2 Å². The number of anilines is 1. The number of hydrogen-bond acceptors (Lipinski definition) is 8. The van der Waals surface area contributed by atoms with Crippen molar-refractivity contribution in [3.05, 3.63) is 99.0 Å². The highest BCUT2D eigenvalue weighted by atomic mass is 32.2. The van der Waals surface area contributed by atoms with Crippen LogP contribution in [0.1, 0.15) is 114 Å². The SMILES string of the molecule is [C-]#[N+]c1ccc2c3c([nH]c2c1)C(C)(C)c1cc(N2CCC(N4CCN(C(=O)CCCCSc5ccc6c(c5)CN(C5CCC(=O)NC5=O)C6=O)CC4)CC2)c(CC)cc1C3=O. The van der Waals surface area contributed by atoms with Gasteiger partial charge in [-0.3, -0.25) is 34.2 Å². The molecule has 0 radical (unpaired) electrons. The molecule has 3 saturated heterocycles. The summed E-state index contributed by atoms with van der Waals surface area (Å²) in [6.45, 7) is 19.6. The fourth-order valence-electron chi connectivity index (χ4n) is 10.3. The number of carbonyl (C=O) groups is 5. The Balaban J connectivity index is 0.734. The van der Waals surface area contributed by atoms with Crippen molar-refractivity contribution in [1.82, 2.24) is 25.0 Å². The average molecular weight is 840 g/mol. The second kappa shape index (κ2) is 16.4. The first-order valence-corrected chi connectivity index (χ1v) is 22.9. The number of aromatic amines is 1. The van der Waals surface area contributed by atoms with E-state index in [9.17, 15) is 24.0 Å². The number of amides is 4. The fourth-order valence-corrected chi connectivity index (χ4v) is 11.3. The molecular weight excluding hydrogens is 787 g/mol. The van der Waals surface area contributed by atoms with Crippen molar-refractivity contribution in [3.8, 4) is 0 Å². The lowest BCUT2D eigenvalue weighted by molar-refractivity contribution is -0.137. The number of imide groups is 1. The predicted octanol–water partition coefficient (Wildman–Crippen LogP) is 6.99. The van der Waals surface area contributed by atoms with E-state index in [1.54, 1.807) is 22.7 Å². The number of aromatic nitrogens is 1. The third-order valence-electron chi connectivity index (χ3n) is 13.8. The Morgan fingerprint density at radius 2 is 1.70 bits per heavy atom. The highest BCUT2D eigenvalue weighted by Crippen LogP contribution is 2.46. The summed E-state index contributed by atoms with van der Waals surface area (Å²) in [5.74, 6) is 0.315. The van der Waals surface area contributed by atoms with Gasteiger partial charge in [0.2, 0.25) is 17.7 Å². The van der Waals surface area contributed by atoms with E-state index in [1.807, 2.05) is 35.2 Å². The van der Waals surface area contributed by atoms with Crippen LogP contribution in [-0.2, 0) is 32.8 Å². The summed E-state index contributed by atoms with van der Waals surface area (Å²) in [5, 5.41) is 3.23. The summed E-state index contributed by atoms with van der Waals surface area (Å²) in [5.41, 5.74) is 8.42. The quantitative estimate of drug-likeness (QED) is 0.0758. The molecule has 13 heteroatoms. The molecule has 0 spiro atoms. The maximum Gasteiger partial charge on any atom is 0.255 e. The van der Waals surface area contributed by atoms with Gasteiger partial charge in [-0.1, -0.05) is 32.9 Å². The van der Waals surface area contributed by atoms with Crippen molar-refractivity contribution in [1.29, 1.82) is 0 Å². The van der Waals surface area contributed by atoms with Crippen LogP contribution in [0.3, 0.4) is 0 Å². The molecule has 1 aliphatic carbocycles. The molecule has 1 aromatic heterocycles. The summed E-state index contributed by atoms with van der Waals surface area (Å²) in [6, 6.07) is 15.7. The van der Waals surface area contributed by atoms with Crippen molar-refractivity contribution in [2.75, 3.05) is 49.9 Å². The Morgan fingerprint density at radius 3 is 2.44 bits per heavy atom. The molecule has 0 bridgehead atoms. The third kappa shape index (κ3) is 7.52. The second-order valence-corrected chi connectivity index (χ2v) is 18.9. The predicted molar refractivity (Wildman–Crippen MR) is 236 cm³/mol. The average Bonchev–Trinajstić information content (AvgIpc) is 3.82. The standard InChI is InChI=1S/C48H53N7O5S/c1-5-29-25-36-37(48(2,3)45-43(44(36)58)35-11-9-31(49-4)26-38(35)50-45)27-40(29)53-17-15-32(16-18-53)52-19-21-54(22-20-52)42(57)8-6-7-23-61-33-10-12-34-30(24-33)28-55(47(34)60)39-13-14-41(56)51-46(39)59/h9-12,24-27,32,39,50H,5-8,13-23,28H2,1-3H3,(H,51,56,59). The van der Waals surface area contributed by atoms with Crippen molar-refractivity contribution >= 4 is 63.5 Å². The Labute approximate surface area is 361 Å². The van der Waals surface area contributed by atoms with Gasteiger partial charge < -0.3 is 19.7 Å². The van der Waals surface area contributed by atoms with Gasteiger partial charge >= 0.3 is 0 Å². The number of fused-ring (bicyclic) bond motifs is 5. The van der Waals surface area contributed by atoms with Gasteiger partial charge in [-0.15, -0.1) is 11.8 Å². The van der Waals surface area contributed by atoms with Crippen molar-refractivity contribution in [2.45, 2.75) is 101 Å². The molecule has 1 unspecified atom stereocenters. The van der Waals surface area contributed by atoms with Crippen LogP contribution in [0.15, 0.2) is 53.4 Å². The van der Waals surface area contributed by atoms with E-state index < -0.39 is 17.4 Å². The molecule has 316 valence electrons. The molecule has 0 saturated carbocycles. The topological polar surface area (TPSA) is 130 Å². The highest BCUT2D eigenvalue weighted by molar-refractivity contribution is 7.99. The van der Waals surface area contributed by atoms with E-state index in [2.05, 4.69) is 57.8 Å². The number of aryl methyl sites for hydroxylation is 1. The van der Waals surface area contributed by atoms with Crippen LogP contribution in [0.5, 0.6) is 0 Å². The van der Waals surface area contributed by atoms with Gasteiger partial charge in [-0.05, 0) is 97.4 Å². The third-order valence-corrected chi connectivity index (χ3v) is 14.9. The van der Waals surface area contributed by atoms with Gasteiger partial charge in [0.1, 0.15) is 6.04 Å². The molecule has 1 atom stereocenters. The van der Waals surface area contributed by atoms with Gasteiger partial charge in [0, 0.05) is 108 Å². The van der Waals surface area contributed by atoms with Crippen LogP contribution in [0.2, 0.25) is 0 Å². The number of benzene rings is 3. The first-order valence-electron chi connectivity index (χ1n) is 21.9. The van der Waals surface area contributed by atoms with Crippen LogP contribution in [-0.4, -0.2) is 106 Å². The molecule has 9 rings (SSSR count). The van der Waals surface area contributed by atoms with E-state index in [-0.39, 0.29) is 29.9 Å². The van der Waals surface area contributed by atoms with Gasteiger partial charge in [-0.25, -0.2) is 4.85 Å². The highest BCUT2D eigenvalue weighted by Gasteiger charge is 2.42. The number of unbranched alkanes of at least 4 members (excludes halogenated alkanes) is 1. The number of piperidine rings is 2. The molecule has 3 fully saturated rings. The lowest BCUT2D eigenvalue weighted by Crippen LogP contribution is -2.54. The summed E-state index contributed by atoms with van der Waals surface area (Å²) < 4.78 is 0. The van der Waals surface area contributed by atoms with Gasteiger partial charge in [-0.2, -0.15) is 0 Å². The number of nitrogens with zero attached hydrogens (tertiary/aromatic N) is 5. The monoisotopic (exact) mass is 839 g/mol. The van der Waals surface area contributed by atoms with Crippen molar-refractivity contribution < 1.29 is 24.0 Å². The molecule has 2 N–H and O–H groups in total. The number of nitrogens with one attached hydrogen (secondary N) is 2. The lowest BCUT2D eigenvalue weighted by atomic mass is 9.70. The zero-order valence-corrected chi connectivity index (χ0v) is 36.1. The summed E-state index contributed by atoms with van der Waals surface area (Å²) in [6.07, 6.45) is 5.84. The Morgan fingerprint density at radius 1 is 0.918 bits per heavy atom. The number of thioether (sulfide) groups is 1. The smallest absolute Gasteiger partial charge is 0.255 e. The molecule has 61 heavy (non-hydrogen) atoms. The second-order valence-electron chi connectivity index (χ2n) is 17.7. The largest absolute Gasteiger partial charge is 0.371 e.